The Morgan fingerprint density at radius 2 is 2.26 bits per heavy atom. The van der Waals surface area contributed by atoms with E-state index in [1.165, 1.54) is 19.3 Å². The third-order valence-electron chi connectivity index (χ3n) is 3.56. The molecule has 3 rings (SSSR count). The van der Waals surface area contributed by atoms with Crippen molar-refractivity contribution >= 4 is 0 Å². The Morgan fingerprint density at radius 1 is 1.37 bits per heavy atom. The highest BCUT2D eigenvalue weighted by Gasteiger charge is 2.21. The van der Waals surface area contributed by atoms with Crippen LogP contribution in [-0.4, -0.2) is 26.5 Å². The van der Waals surface area contributed by atoms with Crippen LogP contribution in [0.15, 0.2) is 10.7 Å². The molecule has 2 aromatic rings. The lowest BCUT2D eigenvalue weighted by molar-refractivity contribution is 0.402. The lowest BCUT2D eigenvalue weighted by atomic mass is 10.1. The summed E-state index contributed by atoms with van der Waals surface area (Å²) in [4.78, 5) is 4.53. The van der Waals surface area contributed by atoms with Crippen LogP contribution < -0.4 is 5.32 Å². The Labute approximate surface area is 112 Å². The second-order valence-electron chi connectivity index (χ2n) is 5.12. The molecule has 1 aliphatic rings. The zero-order valence-electron chi connectivity index (χ0n) is 11.4. The number of nitrogens with one attached hydrogen (secondary N) is 1. The second kappa shape index (κ2) is 5.13. The predicted octanol–water partition coefficient (Wildman–Crippen LogP) is 1.98. The molecule has 0 amide bonds. The van der Waals surface area contributed by atoms with Crippen molar-refractivity contribution in [3.63, 3.8) is 0 Å². The van der Waals surface area contributed by atoms with Gasteiger partial charge in [-0.3, -0.25) is 4.68 Å². The van der Waals surface area contributed by atoms with Crippen LogP contribution in [0.1, 0.15) is 43.2 Å². The summed E-state index contributed by atoms with van der Waals surface area (Å²) in [6, 6.07) is 0.219. The fourth-order valence-corrected chi connectivity index (χ4v) is 2.54. The van der Waals surface area contributed by atoms with E-state index < -0.39 is 0 Å². The Balaban J connectivity index is 1.84. The van der Waals surface area contributed by atoms with Gasteiger partial charge in [-0.25, -0.2) is 0 Å². The lowest BCUT2D eigenvalue weighted by Crippen LogP contribution is -2.21. The van der Waals surface area contributed by atoms with Crippen molar-refractivity contribution in [2.75, 3.05) is 6.54 Å². The van der Waals surface area contributed by atoms with E-state index in [9.17, 15) is 0 Å². The summed E-state index contributed by atoms with van der Waals surface area (Å²) in [7, 11) is 1.89. The van der Waals surface area contributed by atoms with Crippen molar-refractivity contribution in [3.8, 4) is 11.5 Å². The van der Waals surface area contributed by atoms with Gasteiger partial charge in [0.15, 0.2) is 5.82 Å². The van der Waals surface area contributed by atoms with E-state index in [4.69, 9.17) is 4.52 Å². The standard InChI is InChI=1S/C13H19N5O/c1-9-10(8-18(2)16-9)13-15-12(17-19-13)11-6-4-3-5-7-14-11/h8,11,14H,3-7H2,1-2H3. The van der Waals surface area contributed by atoms with Crippen LogP contribution in [0, 0.1) is 6.92 Å². The summed E-state index contributed by atoms with van der Waals surface area (Å²) >= 11 is 0. The predicted molar refractivity (Wildman–Crippen MR) is 70.4 cm³/mol. The zero-order valence-corrected chi connectivity index (χ0v) is 11.4. The van der Waals surface area contributed by atoms with Crippen LogP contribution in [0.5, 0.6) is 0 Å². The molecule has 0 bridgehead atoms. The van der Waals surface area contributed by atoms with Crippen molar-refractivity contribution in [1.82, 2.24) is 25.2 Å². The van der Waals surface area contributed by atoms with Gasteiger partial charge in [0, 0.05) is 13.2 Å². The SMILES string of the molecule is Cc1nn(C)cc1-c1nc(C2CCCCCN2)no1. The van der Waals surface area contributed by atoms with E-state index in [2.05, 4.69) is 20.6 Å². The van der Waals surface area contributed by atoms with E-state index in [0.29, 0.717) is 5.89 Å². The van der Waals surface area contributed by atoms with Gasteiger partial charge in [-0.15, -0.1) is 0 Å². The van der Waals surface area contributed by atoms with Gasteiger partial charge in [0.2, 0.25) is 0 Å². The largest absolute Gasteiger partial charge is 0.334 e. The molecule has 0 aliphatic carbocycles. The lowest BCUT2D eigenvalue weighted by Gasteiger charge is -2.09. The highest BCUT2D eigenvalue weighted by molar-refractivity contribution is 5.54. The van der Waals surface area contributed by atoms with Gasteiger partial charge in [0.25, 0.3) is 5.89 Å². The number of nitrogens with zero attached hydrogens (tertiary/aromatic N) is 4. The first-order valence-corrected chi connectivity index (χ1v) is 6.81. The van der Waals surface area contributed by atoms with Gasteiger partial charge in [0.05, 0.1) is 17.3 Å². The molecule has 1 N–H and O–H groups in total. The monoisotopic (exact) mass is 261 g/mol. The third kappa shape index (κ3) is 2.53. The molecule has 1 atom stereocenters. The maximum Gasteiger partial charge on any atom is 0.261 e. The molecule has 1 fully saturated rings. The maximum absolute atomic E-state index is 5.38. The first kappa shape index (κ1) is 12.3. The van der Waals surface area contributed by atoms with Crippen molar-refractivity contribution in [1.29, 1.82) is 0 Å². The molecule has 0 saturated carbocycles. The van der Waals surface area contributed by atoms with Crippen molar-refractivity contribution in [2.45, 2.75) is 38.6 Å². The first-order chi connectivity index (χ1) is 9.24. The minimum atomic E-state index is 0.219. The zero-order chi connectivity index (χ0) is 13.2. The fraction of sp³-hybridized carbons (Fsp3) is 0.615. The summed E-state index contributed by atoms with van der Waals surface area (Å²) in [5.74, 6) is 1.33. The quantitative estimate of drug-likeness (QED) is 0.895. The number of rotatable bonds is 2. The van der Waals surface area contributed by atoms with E-state index >= 15 is 0 Å². The van der Waals surface area contributed by atoms with Crippen molar-refractivity contribution in [3.05, 3.63) is 17.7 Å². The molecule has 2 aromatic heterocycles. The molecule has 1 aliphatic heterocycles. The van der Waals surface area contributed by atoms with Crippen LogP contribution in [0.3, 0.4) is 0 Å². The van der Waals surface area contributed by atoms with Gasteiger partial charge in [-0.05, 0) is 26.3 Å². The summed E-state index contributed by atoms with van der Waals surface area (Å²) in [5, 5.41) is 11.9. The maximum atomic E-state index is 5.38. The smallest absolute Gasteiger partial charge is 0.261 e. The van der Waals surface area contributed by atoms with Crippen LogP contribution in [-0.2, 0) is 7.05 Å². The number of aryl methyl sites for hydroxylation is 2. The highest BCUT2D eigenvalue weighted by atomic mass is 16.5. The Hall–Kier alpha value is -1.69. The van der Waals surface area contributed by atoms with E-state index in [0.717, 1.165) is 30.0 Å². The molecule has 19 heavy (non-hydrogen) atoms. The molecule has 0 aromatic carbocycles. The Kier molecular flexibility index (Phi) is 3.33. The minimum Gasteiger partial charge on any atom is -0.334 e. The average Bonchev–Trinajstić information content (AvgIpc) is 2.88. The van der Waals surface area contributed by atoms with Crippen molar-refractivity contribution < 1.29 is 4.52 Å². The average molecular weight is 261 g/mol. The molecule has 102 valence electrons. The topological polar surface area (TPSA) is 68.8 Å². The summed E-state index contributed by atoms with van der Waals surface area (Å²) in [6.45, 7) is 2.98. The number of aromatic nitrogens is 4. The summed E-state index contributed by atoms with van der Waals surface area (Å²) in [6.07, 6.45) is 6.70. The number of hydrogen-bond donors (Lipinski definition) is 1. The fourth-order valence-electron chi connectivity index (χ4n) is 2.54. The van der Waals surface area contributed by atoms with Gasteiger partial charge in [-0.1, -0.05) is 18.0 Å². The molecule has 1 saturated heterocycles. The third-order valence-corrected chi connectivity index (χ3v) is 3.56. The summed E-state index contributed by atoms with van der Waals surface area (Å²) < 4.78 is 7.15. The summed E-state index contributed by atoms with van der Waals surface area (Å²) in [5.41, 5.74) is 1.82. The molecular formula is C13H19N5O. The Morgan fingerprint density at radius 3 is 3.05 bits per heavy atom. The van der Waals surface area contributed by atoms with Gasteiger partial charge < -0.3 is 9.84 Å². The van der Waals surface area contributed by atoms with Crippen LogP contribution in [0.2, 0.25) is 0 Å². The molecule has 3 heterocycles. The van der Waals surface area contributed by atoms with Crippen LogP contribution in [0.4, 0.5) is 0 Å². The van der Waals surface area contributed by atoms with Gasteiger partial charge in [0.1, 0.15) is 0 Å². The van der Waals surface area contributed by atoms with Gasteiger partial charge >= 0.3 is 0 Å². The molecule has 6 nitrogen and oxygen atoms in total. The van der Waals surface area contributed by atoms with E-state index in [1.54, 1.807) is 4.68 Å². The minimum absolute atomic E-state index is 0.219. The van der Waals surface area contributed by atoms with E-state index in [-0.39, 0.29) is 6.04 Å². The highest BCUT2D eigenvalue weighted by Crippen LogP contribution is 2.25. The molecule has 6 heteroatoms. The first-order valence-electron chi connectivity index (χ1n) is 6.81. The molecule has 1 unspecified atom stereocenters. The van der Waals surface area contributed by atoms with Crippen molar-refractivity contribution in [2.24, 2.45) is 7.05 Å². The normalized spacial score (nSPS) is 20.4. The van der Waals surface area contributed by atoms with Crippen LogP contribution >= 0.6 is 0 Å². The molecular weight excluding hydrogens is 242 g/mol. The van der Waals surface area contributed by atoms with Gasteiger partial charge in [-0.2, -0.15) is 10.1 Å². The van der Waals surface area contributed by atoms with Crippen LogP contribution in [0.25, 0.3) is 11.5 Å². The molecule has 0 spiro atoms. The molecule has 0 radical (unpaired) electrons. The second-order valence-corrected chi connectivity index (χ2v) is 5.12. The number of hydrogen-bond acceptors (Lipinski definition) is 5. The Bertz CT molecular complexity index is 551. The van der Waals surface area contributed by atoms with E-state index in [1.807, 2.05) is 20.2 Å².